The second kappa shape index (κ2) is 8.71. The van der Waals surface area contributed by atoms with Gasteiger partial charge in [0.05, 0.1) is 12.2 Å². The Morgan fingerprint density at radius 3 is 2.80 bits per heavy atom. The number of rotatable bonds is 8. The van der Waals surface area contributed by atoms with Crippen LogP contribution in [-0.2, 0) is 4.74 Å². The van der Waals surface area contributed by atoms with Gasteiger partial charge in [0, 0.05) is 11.5 Å². The summed E-state index contributed by atoms with van der Waals surface area (Å²) in [6.45, 7) is 7.05. The molecule has 112 valence electrons. The van der Waals surface area contributed by atoms with Gasteiger partial charge in [-0.3, -0.25) is 0 Å². The molecule has 20 heavy (non-hydrogen) atoms. The predicted molar refractivity (Wildman–Crippen MR) is 81.9 cm³/mol. The third-order valence-corrected chi connectivity index (χ3v) is 3.48. The summed E-state index contributed by atoms with van der Waals surface area (Å²) in [7, 11) is 0. The molecule has 1 atom stereocenters. The third kappa shape index (κ3) is 4.61. The summed E-state index contributed by atoms with van der Waals surface area (Å²) >= 11 is 1.62. The minimum absolute atomic E-state index is 0.0557. The zero-order valence-electron chi connectivity index (χ0n) is 12.1. The van der Waals surface area contributed by atoms with E-state index in [1.165, 1.54) is 0 Å². The average Bonchev–Trinajstić information content (AvgIpc) is 2.45. The number of hydrogen-bond acceptors (Lipinski definition) is 5. The SMILES string of the molecule is CCOCC(C)Oc1cccc(SCC)c1/C(N)=N/O. The van der Waals surface area contributed by atoms with Crippen LogP contribution in [0, 0.1) is 0 Å². The molecule has 6 heteroatoms. The minimum atomic E-state index is -0.109. The van der Waals surface area contributed by atoms with Crippen LogP contribution in [-0.4, -0.2) is 36.1 Å². The van der Waals surface area contributed by atoms with Crippen LogP contribution in [0.2, 0.25) is 0 Å². The molecule has 0 radical (unpaired) electrons. The maximum Gasteiger partial charge on any atom is 0.174 e. The van der Waals surface area contributed by atoms with Crippen LogP contribution in [0.1, 0.15) is 26.3 Å². The van der Waals surface area contributed by atoms with Gasteiger partial charge in [0.15, 0.2) is 5.84 Å². The van der Waals surface area contributed by atoms with Gasteiger partial charge in [-0.25, -0.2) is 0 Å². The van der Waals surface area contributed by atoms with E-state index in [2.05, 4.69) is 5.16 Å². The van der Waals surface area contributed by atoms with E-state index < -0.39 is 0 Å². The van der Waals surface area contributed by atoms with Crippen LogP contribution in [0.15, 0.2) is 28.3 Å². The van der Waals surface area contributed by atoms with Crippen LogP contribution in [0.5, 0.6) is 5.75 Å². The van der Waals surface area contributed by atoms with Gasteiger partial charge < -0.3 is 20.4 Å². The van der Waals surface area contributed by atoms with E-state index in [1.807, 2.05) is 39.0 Å². The van der Waals surface area contributed by atoms with E-state index in [0.717, 1.165) is 10.6 Å². The Hall–Kier alpha value is -1.40. The Labute approximate surface area is 124 Å². The van der Waals surface area contributed by atoms with Crippen LogP contribution < -0.4 is 10.5 Å². The molecule has 0 heterocycles. The highest BCUT2D eigenvalue weighted by atomic mass is 32.2. The molecule has 3 N–H and O–H groups in total. The number of nitrogens with two attached hydrogens (primary N) is 1. The van der Waals surface area contributed by atoms with Gasteiger partial charge in [-0.2, -0.15) is 0 Å². The standard InChI is InChI=1S/C14H22N2O3S/c1-4-18-9-10(3)19-11-7-6-8-12(20-5-2)13(11)14(15)16-17/h6-8,10,17H,4-5,9H2,1-3H3,(H2,15,16). The molecule has 1 aromatic rings. The van der Waals surface area contributed by atoms with E-state index in [4.69, 9.17) is 20.4 Å². The molecule has 0 bridgehead atoms. The quantitative estimate of drug-likeness (QED) is 0.254. The molecule has 0 fully saturated rings. The molecular formula is C14H22N2O3S. The van der Waals surface area contributed by atoms with Gasteiger partial charge in [-0.1, -0.05) is 18.1 Å². The summed E-state index contributed by atoms with van der Waals surface area (Å²) in [6, 6.07) is 5.64. The molecule has 0 aliphatic heterocycles. The Morgan fingerprint density at radius 1 is 1.45 bits per heavy atom. The average molecular weight is 298 g/mol. The van der Waals surface area contributed by atoms with E-state index in [0.29, 0.717) is 24.5 Å². The van der Waals surface area contributed by atoms with Crippen LogP contribution >= 0.6 is 11.8 Å². The summed E-state index contributed by atoms with van der Waals surface area (Å²) in [5.74, 6) is 1.55. The largest absolute Gasteiger partial charge is 0.488 e. The Balaban J connectivity index is 3.02. The molecule has 0 aromatic heterocycles. The molecule has 0 amide bonds. The van der Waals surface area contributed by atoms with Gasteiger partial charge >= 0.3 is 0 Å². The van der Waals surface area contributed by atoms with Crippen molar-refractivity contribution in [1.82, 2.24) is 0 Å². The van der Waals surface area contributed by atoms with Gasteiger partial charge in [0.2, 0.25) is 0 Å². The van der Waals surface area contributed by atoms with Crippen molar-refractivity contribution >= 4 is 17.6 Å². The molecule has 0 aliphatic rings. The van der Waals surface area contributed by atoms with Crippen molar-refractivity contribution in [3.05, 3.63) is 23.8 Å². The fourth-order valence-electron chi connectivity index (χ4n) is 1.72. The Morgan fingerprint density at radius 2 is 2.20 bits per heavy atom. The fraction of sp³-hybridized carbons (Fsp3) is 0.500. The van der Waals surface area contributed by atoms with Gasteiger partial charge in [-0.05, 0) is 31.7 Å². The first-order valence-corrected chi connectivity index (χ1v) is 7.60. The van der Waals surface area contributed by atoms with Gasteiger partial charge in [0.25, 0.3) is 0 Å². The number of benzene rings is 1. The number of hydrogen-bond donors (Lipinski definition) is 2. The molecule has 1 unspecified atom stereocenters. The van der Waals surface area contributed by atoms with Crippen molar-refractivity contribution in [2.75, 3.05) is 19.0 Å². The maximum atomic E-state index is 8.95. The highest BCUT2D eigenvalue weighted by Gasteiger charge is 2.16. The second-order valence-electron chi connectivity index (χ2n) is 4.14. The van der Waals surface area contributed by atoms with E-state index in [-0.39, 0.29) is 11.9 Å². The summed E-state index contributed by atoms with van der Waals surface area (Å²) in [5, 5.41) is 12.1. The Bertz CT molecular complexity index is 452. The van der Waals surface area contributed by atoms with Crippen molar-refractivity contribution in [2.24, 2.45) is 10.9 Å². The third-order valence-electron chi connectivity index (χ3n) is 2.54. The summed E-state index contributed by atoms with van der Waals surface area (Å²) < 4.78 is 11.2. The molecule has 0 spiro atoms. The molecule has 1 aromatic carbocycles. The molecule has 1 rings (SSSR count). The van der Waals surface area contributed by atoms with Crippen LogP contribution in [0.25, 0.3) is 0 Å². The van der Waals surface area contributed by atoms with Crippen LogP contribution in [0.4, 0.5) is 0 Å². The summed E-state index contributed by atoms with van der Waals surface area (Å²) in [6.07, 6.45) is -0.109. The molecular weight excluding hydrogens is 276 g/mol. The van der Waals surface area contributed by atoms with Crippen molar-refractivity contribution in [3.63, 3.8) is 0 Å². The summed E-state index contributed by atoms with van der Waals surface area (Å²) in [4.78, 5) is 0.934. The fourth-order valence-corrected chi connectivity index (χ4v) is 2.56. The first kappa shape index (κ1) is 16.7. The van der Waals surface area contributed by atoms with Crippen LogP contribution in [0.3, 0.4) is 0 Å². The number of thioether (sulfide) groups is 1. The van der Waals surface area contributed by atoms with Crippen molar-refractivity contribution in [2.45, 2.75) is 31.8 Å². The lowest BCUT2D eigenvalue weighted by Gasteiger charge is -2.18. The highest BCUT2D eigenvalue weighted by molar-refractivity contribution is 7.99. The van der Waals surface area contributed by atoms with E-state index in [1.54, 1.807) is 11.8 Å². The molecule has 0 saturated heterocycles. The van der Waals surface area contributed by atoms with E-state index >= 15 is 0 Å². The molecule has 5 nitrogen and oxygen atoms in total. The van der Waals surface area contributed by atoms with Crippen molar-refractivity contribution in [3.8, 4) is 5.75 Å². The second-order valence-corrected chi connectivity index (χ2v) is 5.44. The van der Waals surface area contributed by atoms with Gasteiger partial charge in [0.1, 0.15) is 11.9 Å². The predicted octanol–water partition coefficient (Wildman–Crippen LogP) is 2.70. The van der Waals surface area contributed by atoms with Gasteiger partial charge in [-0.15, -0.1) is 11.8 Å². The lowest BCUT2D eigenvalue weighted by Crippen LogP contribution is -2.22. The van der Waals surface area contributed by atoms with Crippen molar-refractivity contribution < 1.29 is 14.7 Å². The topological polar surface area (TPSA) is 77.1 Å². The number of ether oxygens (including phenoxy) is 2. The normalized spacial score (nSPS) is 13.2. The zero-order valence-corrected chi connectivity index (χ0v) is 12.9. The zero-order chi connectivity index (χ0) is 15.0. The van der Waals surface area contributed by atoms with E-state index in [9.17, 15) is 0 Å². The monoisotopic (exact) mass is 298 g/mol. The number of nitrogens with zero attached hydrogens (tertiary/aromatic N) is 1. The maximum absolute atomic E-state index is 8.95. The lowest BCUT2D eigenvalue weighted by molar-refractivity contribution is 0.0655. The Kier molecular flexibility index (Phi) is 7.25. The first-order chi connectivity index (χ1) is 9.63. The minimum Gasteiger partial charge on any atom is -0.488 e. The van der Waals surface area contributed by atoms with Crippen molar-refractivity contribution in [1.29, 1.82) is 0 Å². The highest BCUT2D eigenvalue weighted by Crippen LogP contribution is 2.30. The first-order valence-electron chi connectivity index (χ1n) is 6.62. The smallest absolute Gasteiger partial charge is 0.174 e. The number of amidine groups is 1. The molecule has 0 aliphatic carbocycles. The molecule has 0 saturated carbocycles. The summed E-state index contributed by atoms with van der Waals surface area (Å²) in [5.41, 5.74) is 6.41. The number of oxime groups is 1. The lowest BCUT2D eigenvalue weighted by atomic mass is 10.2.